The van der Waals surface area contributed by atoms with Crippen LogP contribution in [-0.2, 0) is 4.79 Å². The number of ether oxygens (including phenoxy) is 1. The van der Waals surface area contributed by atoms with Gasteiger partial charge in [0.15, 0.2) is 0 Å². The van der Waals surface area contributed by atoms with Gasteiger partial charge in [-0.15, -0.1) is 10.2 Å². The molecule has 10 heteroatoms. The molecule has 0 unspecified atom stereocenters. The van der Waals surface area contributed by atoms with Crippen LogP contribution in [0.1, 0.15) is 18.9 Å². The minimum absolute atomic E-state index is 0.112. The van der Waals surface area contributed by atoms with Gasteiger partial charge in [0.2, 0.25) is 11.1 Å². The Morgan fingerprint density at radius 2 is 1.90 bits per heavy atom. The van der Waals surface area contributed by atoms with Crippen molar-refractivity contribution in [1.82, 2.24) is 14.9 Å². The number of para-hydroxylation sites is 2. The maximum absolute atomic E-state index is 12.3. The summed E-state index contributed by atoms with van der Waals surface area (Å²) in [6.07, 6.45) is 0.737. The van der Waals surface area contributed by atoms with Gasteiger partial charge < -0.3 is 15.9 Å². The van der Waals surface area contributed by atoms with Gasteiger partial charge in [-0.2, -0.15) is 5.10 Å². The van der Waals surface area contributed by atoms with Gasteiger partial charge in [-0.3, -0.25) is 4.79 Å². The van der Waals surface area contributed by atoms with Gasteiger partial charge in [0.25, 0.3) is 5.95 Å². The summed E-state index contributed by atoms with van der Waals surface area (Å²) in [5, 5.41) is 15.6. The number of thioether (sulfide) groups is 1. The molecule has 0 radical (unpaired) electrons. The highest BCUT2D eigenvalue weighted by atomic mass is 32.2. The largest absolute Gasteiger partial charge is 0.495 e. The van der Waals surface area contributed by atoms with E-state index in [9.17, 15) is 4.79 Å². The molecule has 1 amide bonds. The number of carbonyl (C=O) groups excluding carboxylic acids is 1. The first-order chi connectivity index (χ1) is 14.6. The SMILES string of the molecule is CC/C(=N\Nc1nnc(SCC(=O)Nc2ccccc2OC)n1N)c1ccccc1. The predicted octanol–water partition coefficient (Wildman–Crippen LogP) is 2.96. The quantitative estimate of drug-likeness (QED) is 0.209. The number of nitrogens with zero attached hydrogens (tertiary/aromatic N) is 4. The highest BCUT2D eigenvalue weighted by molar-refractivity contribution is 7.99. The fourth-order valence-electron chi connectivity index (χ4n) is 2.61. The lowest BCUT2D eigenvalue weighted by Gasteiger charge is -2.09. The number of aromatic nitrogens is 3. The maximum atomic E-state index is 12.3. The second-order valence-electron chi connectivity index (χ2n) is 6.10. The Labute approximate surface area is 178 Å². The normalized spacial score (nSPS) is 11.2. The molecule has 0 saturated carbocycles. The number of hydrogen-bond donors (Lipinski definition) is 3. The van der Waals surface area contributed by atoms with Crippen LogP contribution in [0.3, 0.4) is 0 Å². The van der Waals surface area contributed by atoms with Gasteiger partial charge in [0.05, 0.1) is 24.3 Å². The molecule has 30 heavy (non-hydrogen) atoms. The predicted molar refractivity (Wildman–Crippen MR) is 119 cm³/mol. The van der Waals surface area contributed by atoms with Crippen molar-refractivity contribution < 1.29 is 9.53 Å². The molecule has 4 N–H and O–H groups in total. The van der Waals surface area contributed by atoms with Crippen LogP contribution in [0.2, 0.25) is 0 Å². The Morgan fingerprint density at radius 1 is 1.17 bits per heavy atom. The van der Waals surface area contributed by atoms with E-state index in [4.69, 9.17) is 10.6 Å². The average molecular weight is 426 g/mol. The second kappa shape index (κ2) is 10.3. The van der Waals surface area contributed by atoms with E-state index in [1.165, 1.54) is 16.4 Å². The summed E-state index contributed by atoms with van der Waals surface area (Å²) in [5.41, 5.74) is 5.33. The van der Waals surface area contributed by atoms with E-state index < -0.39 is 0 Å². The fourth-order valence-corrected chi connectivity index (χ4v) is 3.27. The second-order valence-corrected chi connectivity index (χ2v) is 7.05. The van der Waals surface area contributed by atoms with Crippen LogP contribution < -0.4 is 21.3 Å². The number of rotatable bonds is 9. The minimum atomic E-state index is -0.211. The Hall–Kier alpha value is -3.53. The van der Waals surface area contributed by atoms with Crippen molar-refractivity contribution in [3.8, 4) is 5.75 Å². The van der Waals surface area contributed by atoms with Gasteiger partial charge in [-0.1, -0.05) is 61.2 Å². The van der Waals surface area contributed by atoms with E-state index in [-0.39, 0.29) is 17.6 Å². The van der Waals surface area contributed by atoms with Crippen molar-refractivity contribution in [2.24, 2.45) is 5.10 Å². The number of hydrogen-bond acceptors (Lipinski definition) is 8. The number of benzene rings is 2. The van der Waals surface area contributed by atoms with Crippen LogP contribution in [0.25, 0.3) is 0 Å². The summed E-state index contributed by atoms with van der Waals surface area (Å²) in [5.74, 6) is 6.81. The smallest absolute Gasteiger partial charge is 0.264 e. The number of methoxy groups -OCH3 is 1. The number of nitrogen functional groups attached to an aromatic ring is 1. The lowest BCUT2D eigenvalue weighted by Crippen LogP contribution is -2.17. The Kier molecular flexibility index (Phi) is 7.28. The lowest BCUT2D eigenvalue weighted by atomic mass is 10.1. The lowest BCUT2D eigenvalue weighted by molar-refractivity contribution is -0.113. The number of nitrogens with two attached hydrogens (primary N) is 1. The number of amides is 1. The van der Waals surface area contributed by atoms with E-state index in [1.807, 2.05) is 49.4 Å². The third kappa shape index (κ3) is 5.29. The molecular formula is C20H23N7O2S. The molecule has 0 spiro atoms. The van der Waals surface area contributed by atoms with Crippen LogP contribution in [0.4, 0.5) is 11.6 Å². The molecule has 1 aromatic heterocycles. The summed E-state index contributed by atoms with van der Waals surface area (Å²) < 4.78 is 6.50. The first-order valence-corrected chi connectivity index (χ1v) is 10.2. The molecule has 3 aromatic rings. The molecule has 0 atom stereocenters. The zero-order chi connectivity index (χ0) is 21.3. The number of anilines is 2. The molecule has 1 heterocycles. The van der Waals surface area contributed by atoms with Crippen molar-refractivity contribution >= 4 is 35.0 Å². The van der Waals surface area contributed by atoms with Crippen LogP contribution in [0.5, 0.6) is 5.75 Å². The maximum Gasteiger partial charge on any atom is 0.264 e. The summed E-state index contributed by atoms with van der Waals surface area (Å²) >= 11 is 1.17. The van der Waals surface area contributed by atoms with E-state index in [1.54, 1.807) is 19.2 Å². The highest BCUT2D eigenvalue weighted by Crippen LogP contribution is 2.24. The topological polar surface area (TPSA) is 119 Å². The Balaban J connectivity index is 1.60. The van der Waals surface area contributed by atoms with Gasteiger partial charge in [0.1, 0.15) is 5.75 Å². The molecule has 0 aliphatic carbocycles. The molecule has 0 saturated heterocycles. The third-order valence-corrected chi connectivity index (χ3v) is 5.05. The van der Waals surface area contributed by atoms with Crippen LogP contribution in [-0.4, -0.2) is 39.4 Å². The van der Waals surface area contributed by atoms with Crippen molar-refractivity contribution in [3.05, 3.63) is 60.2 Å². The number of hydrazone groups is 1. The molecule has 0 fully saturated rings. The van der Waals surface area contributed by atoms with Gasteiger partial charge in [-0.25, -0.2) is 10.1 Å². The molecule has 3 rings (SSSR count). The summed E-state index contributed by atoms with van der Waals surface area (Å²) in [6, 6.07) is 17.0. The number of nitrogens with one attached hydrogen (secondary N) is 2. The van der Waals surface area contributed by atoms with Gasteiger partial charge >= 0.3 is 0 Å². The van der Waals surface area contributed by atoms with Crippen molar-refractivity contribution in [2.75, 3.05) is 29.4 Å². The van der Waals surface area contributed by atoms with Crippen LogP contribution in [0.15, 0.2) is 64.9 Å². The van der Waals surface area contributed by atoms with Crippen LogP contribution >= 0.6 is 11.8 Å². The van der Waals surface area contributed by atoms with E-state index in [2.05, 4.69) is 26.0 Å². The Bertz CT molecular complexity index is 1020. The minimum Gasteiger partial charge on any atom is -0.495 e. The zero-order valence-electron chi connectivity index (χ0n) is 16.7. The first-order valence-electron chi connectivity index (χ1n) is 9.26. The van der Waals surface area contributed by atoms with E-state index in [0.717, 1.165) is 17.7 Å². The van der Waals surface area contributed by atoms with Crippen LogP contribution in [0, 0.1) is 0 Å². The first kappa shape index (κ1) is 21.2. The summed E-state index contributed by atoms with van der Waals surface area (Å²) in [6.45, 7) is 2.02. The molecular weight excluding hydrogens is 402 g/mol. The molecule has 0 aliphatic heterocycles. The fraction of sp³-hybridized carbons (Fsp3) is 0.200. The monoisotopic (exact) mass is 425 g/mol. The Morgan fingerprint density at radius 3 is 2.63 bits per heavy atom. The average Bonchev–Trinajstić information content (AvgIpc) is 3.13. The molecule has 9 nitrogen and oxygen atoms in total. The van der Waals surface area contributed by atoms with E-state index in [0.29, 0.717) is 16.6 Å². The summed E-state index contributed by atoms with van der Waals surface area (Å²) in [7, 11) is 1.55. The molecule has 2 aromatic carbocycles. The number of carbonyl (C=O) groups is 1. The summed E-state index contributed by atoms with van der Waals surface area (Å²) in [4.78, 5) is 12.3. The zero-order valence-corrected chi connectivity index (χ0v) is 17.5. The van der Waals surface area contributed by atoms with Crippen molar-refractivity contribution in [3.63, 3.8) is 0 Å². The highest BCUT2D eigenvalue weighted by Gasteiger charge is 2.13. The molecule has 156 valence electrons. The standard InChI is InChI=1S/C20H23N7O2S/c1-3-15(14-9-5-4-6-10-14)23-24-19-25-26-20(27(19)21)30-13-18(28)22-16-11-7-8-12-17(16)29-2/h4-12H,3,13,21H2,1-2H3,(H,22,28)(H,24,25)/b23-15+. The molecule has 0 aliphatic rings. The van der Waals surface area contributed by atoms with Gasteiger partial charge in [0, 0.05) is 0 Å². The van der Waals surface area contributed by atoms with Gasteiger partial charge in [-0.05, 0) is 24.1 Å². The van der Waals surface area contributed by atoms with Crippen molar-refractivity contribution in [1.29, 1.82) is 0 Å². The van der Waals surface area contributed by atoms with Crippen molar-refractivity contribution in [2.45, 2.75) is 18.5 Å². The van der Waals surface area contributed by atoms with E-state index >= 15 is 0 Å². The molecule has 0 bridgehead atoms. The third-order valence-electron chi connectivity index (χ3n) is 4.11.